The number of carbonyl (C=O) groups is 1. The van der Waals surface area contributed by atoms with Crippen LogP contribution in [0.25, 0.3) is 0 Å². The molecule has 1 unspecified atom stereocenters. The lowest BCUT2D eigenvalue weighted by Crippen LogP contribution is -2.34. The van der Waals surface area contributed by atoms with Gasteiger partial charge in [0.05, 0.1) is 23.1 Å². The van der Waals surface area contributed by atoms with Gasteiger partial charge in [-0.2, -0.15) is 19.0 Å². The van der Waals surface area contributed by atoms with Crippen molar-refractivity contribution in [3.8, 4) is 23.4 Å². The number of ether oxygens (including phenoxy) is 3. The number of hydrogen-bond donors (Lipinski definition) is 1. The summed E-state index contributed by atoms with van der Waals surface area (Å²) >= 11 is 0.475. The molecule has 0 saturated heterocycles. The number of carbonyl (C=O) groups excluding carboxylic acids is 1. The fraction of sp³-hybridized carbons (Fsp3) is 0.208. The van der Waals surface area contributed by atoms with Gasteiger partial charge in [-0.3, -0.25) is 4.79 Å². The van der Waals surface area contributed by atoms with E-state index < -0.39 is 40.4 Å². The normalized spacial score (nSPS) is 11.4. The van der Waals surface area contributed by atoms with Crippen molar-refractivity contribution in [2.24, 2.45) is 5.73 Å². The minimum atomic E-state index is -1.61. The molecule has 0 spiro atoms. The molecule has 7 nitrogen and oxygen atoms in total. The SMILES string of the molecule is CCOC(=O)C(N)CSc1c(F)c(F)nc(Oc2cc(C#N)ccc2OCc2ccccc2)c1F. The van der Waals surface area contributed by atoms with Gasteiger partial charge < -0.3 is 19.9 Å². The summed E-state index contributed by atoms with van der Waals surface area (Å²) in [5.41, 5.74) is 6.64. The van der Waals surface area contributed by atoms with Gasteiger partial charge in [-0.25, -0.2) is 4.39 Å². The van der Waals surface area contributed by atoms with E-state index in [2.05, 4.69) is 4.98 Å². The van der Waals surface area contributed by atoms with Crippen LogP contribution >= 0.6 is 11.8 Å². The Morgan fingerprint density at radius 1 is 1.14 bits per heavy atom. The zero-order valence-electron chi connectivity index (χ0n) is 18.5. The lowest BCUT2D eigenvalue weighted by atomic mass is 10.2. The van der Waals surface area contributed by atoms with E-state index in [-0.39, 0.29) is 36.0 Å². The van der Waals surface area contributed by atoms with Gasteiger partial charge >= 0.3 is 5.97 Å². The number of rotatable bonds is 10. The van der Waals surface area contributed by atoms with Crippen LogP contribution in [0.3, 0.4) is 0 Å². The van der Waals surface area contributed by atoms with Gasteiger partial charge in [0.2, 0.25) is 5.82 Å². The lowest BCUT2D eigenvalue weighted by Gasteiger charge is -2.15. The van der Waals surface area contributed by atoms with Crippen LogP contribution in [0.4, 0.5) is 13.2 Å². The molecule has 0 radical (unpaired) electrons. The van der Waals surface area contributed by atoms with E-state index in [1.54, 1.807) is 6.92 Å². The Hall–Kier alpha value is -3.75. The van der Waals surface area contributed by atoms with Crippen molar-refractivity contribution in [2.45, 2.75) is 24.5 Å². The monoisotopic (exact) mass is 503 g/mol. The number of esters is 1. The topological polar surface area (TPSA) is 107 Å². The maximum atomic E-state index is 15.1. The molecule has 1 aromatic heterocycles. The first-order valence-corrected chi connectivity index (χ1v) is 11.3. The number of benzene rings is 2. The van der Waals surface area contributed by atoms with Crippen LogP contribution in [-0.2, 0) is 16.1 Å². The maximum Gasteiger partial charge on any atom is 0.323 e. The van der Waals surface area contributed by atoms with Crippen LogP contribution in [0.15, 0.2) is 53.4 Å². The van der Waals surface area contributed by atoms with Crippen molar-refractivity contribution < 1.29 is 32.2 Å². The van der Waals surface area contributed by atoms with Crippen LogP contribution in [0.2, 0.25) is 0 Å². The summed E-state index contributed by atoms with van der Waals surface area (Å²) in [6.07, 6.45) is 0. The summed E-state index contributed by atoms with van der Waals surface area (Å²) in [4.78, 5) is 14.1. The van der Waals surface area contributed by atoms with Crippen molar-refractivity contribution >= 4 is 17.7 Å². The van der Waals surface area contributed by atoms with Gasteiger partial charge in [-0.1, -0.05) is 30.3 Å². The highest BCUT2D eigenvalue weighted by molar-refractivity contribution is 7.99. The van der Waals surface area contributed by atoms with Gasteiger partial charge in [0, 0.05) is 11.8 Å². The average Bonchev–Trinajstić information content (AvgIpc) is 2.87. The van der Waals surface area contributed by atoms with Gasteiger partial charge in [0.25, 0.3) is 11.8 Å². The van der Waals surface area contributed by atoms with Crippen LogP contribution < -0.4 is 15.2 Å². The third-order valence-electron chi connectivity index (χ3n) is 4.48. The van der Waals surface area contributed by atoms with Crippen molar-refractivity contribution in [3.05, 3.63) is 77.2 Å². The van der Waals surface area contributed by atoms with Crippen LogP contribution in [0.5, 0.6) is 17.4 Å². The molecule has 3 rings (SSSR count). The molecule has 0 fully saturated rings. The number of thioether (sulfide) groups is 1. The molecule has 0 bridgehead atoms. The summed E-state index contributed by atoms with van der Waals surface area (Å²) < 4.78 is 59.5. The summed E-state index contributed by atoms with van der Waals surface area (Å²) in [5.74, 6) is -6.41. The van der Waals surface area contributed by atoms with Crippen LogP contribution in [-0.4, -0.2) is 29.4 Å². The summed E-state index contributed by atoms with van der Waals surface area (Å²) in [7, 11) is 0. The first-order valence-electron chi connectivity index (χ1n) is 10.3. The summed E-state index contributed by atoms with van der Waals surface area (Å²) in [6, 6.07) is 14.0. The predicted molar refractivity (Wildman–Crippen MR) is 121 cm³/mol. The Balaban J connectivity index is 1.87. The Bertz CT molecular complexity index is 1240. The standard InChI is InChI=1S/C24H20F3N3O4S/c1-2-32-24(31)16(29)13-35-21-19(25)22(27)30-23(20(21)26)34-18-10-15(11-28)8-9-17(18)33-12-14-6-4-3-5-7-14/h3-10,16H,2,12-13,29H2,1H3. The first kappa shape index (κ1) is 25.9. The van der Waals surface area contributed by atoms with E-state index in [9.17, 15) is 18.8 Å². The lowest BCUT2D eigenvalue weighted by molar-refractivity contribution is -0.144. The van der Waals surface area contributed by atoms with E-state index in [0.29, 0.717) is 11.8 Å². The Kier molecular flexibility index (Phi) is 8.94. The molecule has 3 aromatic rings. The molecule has 2 N–H and O–H groups in total. The van der Waals surface area contributed by atoms with Crippen molar-refractivity contribution in [1.82, 2.24) is 4.98 Å². The highest BCUT2D eigenvalue weighted by Gasteiger charge is 2.25. The molecule has 0 saturated carbocycles. The number of nitriles is 1. The van der Waals surface area contributed by atoms with Gasteiger partial charge in [0.1, 0.15) is 12.6 Å². The number of nitrogens with two attached hydrogens (primary N) is 1. The molecular weight excluding hydrogens is 483 g/mol. The fourth-order valence-electron chi connectivity index (χ4n) is 2.78. The third kappa shape index (κ3) is 6.65. The van der Waals surface area contributed by atoms with E-state index >= 15 is 4.39 Å². The molecule has 0 amide bonds. The molecule has 1 atom stereocenters. The minimum absolute atomic E-state index is 0.0816. The van der Waals surface area contributed by atoms with Gasteiger partial charge in [-0.15, -0.1) is 11.8 Å². The highest BCUT2D eigenvalue weighted by Crippen LogP contribution is 2.37. The van der Waals surface area contributed by atoms with Crippen molar-refractivity contribution in [1.29, 1.82) is 5.26 Å². The molecule has 2 aromatic carbocycles. The zero-order chi connectivity index (χ0) is 25.4. The third-order valence-corrected chi connectivity index (χ3v) is 5.65. The number of hydrogen-bond acceptors (Lipinski definition) is 8. The largest absolute Gasteiger partial charge is 0.485 e. The molecule has 182 valence electrons. The number of aromatic nitrogens is 1. The smallest absolute Gasteiger partial charge is 0.323 e. The number of halogens is 3. The molecule has 11 heteroatoms. The highest BCUT2D eigenvalue weighted by atomic mass is 32.2. The minimum Gasteiger partial charge on any atom is -0.485 e. The van der Waals surface area contributed by atoms with E-state index in [1.165, 1.54) is 18.2 Å². The fourth-order valence-corrected chi connectivity index (χ4v) is 3.68. The summed E-state index contributed by atoms with van der Waals surface area (Å²) in [6.45, 7) is 1.79. The first-order chi connectivity index (χ1) is 16.8. The quantitative estimate of drug-likeness (QED) is 0.241. The van der Waals surface area contributed by atoms with E-state index in [4.69, 9.17) is 19.9 Å². The van der Waals surface area contributed by atoms with Crippen molar-refractivity contribution in [2.75, 3.05) is 12.4 Å². The molecular formula is C24H20F3N3O4S. The molecule has 35 heavy (non-hydrogen) atoms. The molecule has 0 aliphatic heterocycles. The van der Waals surface area contributed by atoms with Crippen LogP contribution in [0, 0.1) is 28.9 Å². The van der Waals surface area contributed by atoms with Gasteiger partial charge in [-0.05, 0) is 24.6 Å². The second kappa shape index (κ2) is 12.1. The summed E-state index contributed by atoms with van der Waals surface area (Å²) in [5, 5.41) is 9.21. The average molecular weight is 504 g/mol. The second-order valence-corrected chi connectivity index (χ2v) is 8.01. The molecule has 0 aliphatic rings. The van der Waals surface area contributed by atoms with E-state index in [1.807, 2.05) is 36.4 Å². The Morgan fingerprint density at radius 3 is 2.57 bits per heavy atom. The predicted octanol–water partition coefficient (Wildman–Crippen LogP) is 4.72. The number of nitrogens with zero attached hydrogens (tertiary/aromatic N) is 2. The van der Waals surface area contributed by atoms with Gasteiger partial charge in [0.15, 0.2) is 17.3 Å². The molecule has 0 aliphatic carbocycles. The second-order valence-electron chi connectivity index (χ2n) is 6.98. The Labute approximate surface area is 203 Å². The maximum absolute atomic E-state index is 15.1. The van der Waals surface area contributed by atoms with Crippen LogP contribution in [0.1, 0.15) is 18.1 Å². The Morgan fingerprint density at radius 2 is 1.89 bits per heavy atom. The van der Waals surface area contributed by atoms with E-state index in [0.717, 1.165) is 5.56 Å². The zero-order valence-corrected chi connectivity index (χ0v) is 19.3. The number of pyridine rings is 1. The molecule has 1 heterocycles. The van der Waals surface area contributed by atoms with Crippen molar-refractivity contribution in [3.63, 3.8) is 0 Å².